The molecule has 1 N–H and O–H groups in total. The monoisotopic (exact) mass is 505 g/mol. The zero-order chi connectivity index (χ0) is 25.4. The lowest BCUT2D eigenvalue weighted by molar-refractivity contribution is -0.120. The largest absolute Gasteiger partial charge is 0.370 e. The number of aryl methyl sites for hydroxylation is 4. The molecule has 5 rings (SSSR count). The van der Waals surface area contributed by atoms with E-state index in [0.717, 1.165) is 90.3 Å². The average molecular weight is 506 g/mol. The number of rotatable bonds is 4. The van der Waals surface area contributed by atoms with Crippen molar-refractivity contribution in [3.8, 4) is 0 Å². The number of piperidine rings is 2. The third-order valence-corrected chi connectivity index (χ3v) is 8.48. The van der Waals surface area contributed by atoms with E-state index in [1.807, 2.05) is 25.7 Å². The summed E-state index contributed by atoms with van der Waals surface area (Å²) in [7, 11) is 0. The highest BCUT2D eigenvalue weighted by molar-refractivity contribution is 7.13. The first kappa shape index (κ1) is 24.7. The number of amides is 2. The predicted molar refractivity (Wildman–Crippen MR) is 146 cm³/mol. The van der Waals surface area contributed by atoms with Crippen LogP contribution in [0.5, 0.6) is 0 Å². The van der Waals surface area contributed by atoms with Crippen LogP contribution >= 0.6 is 11.5 Å². The zero-order valence-corrected chi connectivity index (χ0v) is 22.5. The molecule has 190 valence electrons. The number of aromatic nitrogens is 2. The lowest BCUT2D eigenvalue weighted by Gasteiger charge is -2.35. The van der Waals surface area contributed by atoms with Crippen molar-refractivity contribution < 1.29 is 9.59 Å². The van der Waals surface area contributed by atoms with Gasteiger partial charge in [-0.05, 0) is 82.5 Å². The molecule has 1 aromatic carbocycles. The predicted octanol–water partition coefficient (Wildman–Crippen LogP) is 5.41. The summed E-state index contributed by atoms with van der Waals surface area (Å²) < 4.78 is 4.54. The maximum atomic E-state index is 13.6. The van der Waals surface area contributed by atoms with Gasteiger partial charge in [-0.1, -0.05) is 17.7 Å². The number of nitrogens with zero attached hydrogens (tertiary/aromatic N) is 4. The molecule has 4 heterocycles. The molecule has 2 saturated heterocycles. The topological polar surface area (TPSA) is 78.4 Å². The van der Waals surface area contributed by atoms with Gasteiger partial charge >= 0.3 is 0 Å². The van der Waals surface area contributed by atoms with E-state index in [2.05, 4.69) is 38.6 Å². The third-order valence-electron chi connectivity index (χ3n) is 7.63. The first-order chi connectivity index (χ1) is 17.3. The lowest BCUT2D eigenvalue weighted by atomic mass is 9.94. The van der Waals surface area contributed by atoms with E-state index >= 15 is 0 Å². The number of carbonyl (C=O) groups is 2. The van der Waals surface area contributed by atoms with Crippen molar-refractivity contribution in [3.63, 3.8) is 0 Å². The van der Waals surface area contributed by atoms with Crippen LogP contribution in [0.3, 0.4) is 0 Å². The van der Waals surface area contributed by atoms with E-state index in [1.165, 1.54) is 23.5 Å². The summed E-state index contributed by atoms with van der Waals surface area (Å²) in [4.78, 5) is 36.5. The van der Waals surface area contributed by atoms with Crippen LogP contribution in [0.1, 0.15) is 64.8 Å². The minimum atomic E-state index is -0.0541. The fourth-order valence-electron chi connectivity index (χ4n) is 5.76. The van der Waals surface area contributed by atoms with Crippen molar-refractivity contribution in [1.29, 1.82) is 0 Å². The summed E-state index contributed by atoms with van der Waals surface area (Å²) in [6.45, 7) is 11.2. The van der Waals surface area contributed by atoms with E-state index in [-0.39, 0.29) is 17.7 Å². The van der Waals surface area contributed by atoms with Gasteiger partial charge in [0.15, 0.2) is 0 Å². The Morgan fingerprint density at radius 3 is 2.31 bits per heavy atom. The Morgan fingerprint density at radius 2 is 1.64 bits per heavy atom. The Morgan fingerprint density at radius 1 is 0.972 bits per heavy atom. The Balaban J connectivity index is 1.37. The van der Waals surface area contributed by atoms with Crippen molar-refractivity contribution in [2.75, 3.05) is 36.4 Å². The van der Waals surface area contributed by atoms with E-state index in [0.29, 0.717) is 5.56 Å². The van der Waals surface area contributed by atoms with Crippen LogP contribution in [-0.2, 0) is 4.79 Å². The number of carbonyl (C=O) groups excluding carboxylic acids is 2. The molecule has 0 bridgehead atoms. The van der Waals surface area contributed by atoms with Crippen LogP contribution in [0.15, 0.2) is 18.3 Å². The zero-order valence-electron chi connectivity index (χ0n) is 21.7. The van der Waals surface area contributed by atoms with Crippen LogP contribution in [0.2, 0.25) is 0 Å². The number of hydrogen-bond donors (Lipinski definition) is 1. The molecule has 0 spiro atoms. The number of fused-ring (bicyclic) bond motifs is 1. The Labute approximate surface area is 217 Å². The third kappa shape index (κ3) is 4.71. The summed E-state index contributed by atoms with van der Waals surface area (Å²) in [6, 6.07) is 4.22. The van der Waals surface area contributed by atoms with Gasteiger partial charge in [0.2, 0.25) is 5.91 Å². The van der Waals surface area contributed by atoms with Crippen LogP contribution in [0.4, 0.5) is 11.4 Å². The molecular weight excluding hydrogens is 470 g/mol. The molecule has 7 nitrogen and oxygen atoms in total. The highest BCUT2D eigenvalue weighted by Gasteiger charge is 2.31. The highest BCUT2D eigenvalue weighted by Crippen LogP contribution is 2.37. The fourth-order valence-corrected chi connectivity index (χ4v) is 6.51. The summed E-state index contributed by atoms with van der Waals surface area (Å²) in [5.74, 6) is 0.0964. The van der Waals surface area contributed by atoms with Gasteiger partial charge in [-0.3, -0.25) is 9.59 Å². The molecule has 2 aromatic heterocycles. The number of nitrogens with one attached hydrogen (secondary N) is 1. The van der Waals surface area contributed by atoms with E-state index in [4.69, 9.17) is 0 Å². The second kappa shape index (κ2) is 10.2. The number of pyridine rings is 1. The Hall–Kier alpha value is -3.00. The maximum Gasteiger partial charge on any atom is 0.257 e. The molecule has 2 amide bonds. The number of likely N-dealkylation sites (tertiary alicyclic amines) is 1. The summed E-state index contributed by atoms with van der Waals surface area (Å²) in [6.07, 6.45) is 6.51. The van der Waals surface area contributed by atoms with Gasteiger partial charge in [0, 0.05) is 44.0 Å². The Bertz CT molecular complexity index is 1280. The second-order valence-electron chi connectivity index (χ2n) is 10.3. The molecule has 0 aliphatic carbocycles. The van der Waals surface area contributed by atoms with E-state index in [1.54, 1.807) is 6.20 Å². The molecule has 2 aliphatic rings. The smallest absolute Gasteiger partial charge is 0.257 e. The first-order valence-corrected chi connectivity index (χ1v) is 13.8. The first-order valence-electron chi connectivity index (χ1n) is 13.0. The molecular formula is C28H35N5O2S. The normalized spacial score (nSPS) is 17.0. The van der Waals surface area contributed by atoms with Gasteiger partial charge in [0.25, 0.3) is 5.91 Å². The van der Waals surface area contributed by atoms with Gasteiger partial charge in [-0.2, -0.15) is 4.37 Å². The maximum absolute atomic E-state index is 13.6. The van der Waals surface area contributed by atoms with Crippen LogP contribution in [-0.4, -0.2) is 52.3 Å². The van der Waals surface area contributed by atoms with Crippen molar-refractivity contribution in [2.45, 2.75) is 59.8 Å². The molecule has 3 aromatic rings. The van der Waals surface area contributed by atoms with Crippen LogP contribution in [0, 0.1) is 33.6 Å². The van der Waals surface area contributed by atoms with E-state index < -0.39 is 0 Å². The molecule has 8 heteroatoms. The van der Waals surface area contributed by atoms with Crippen LogP contribution < -0.4 is 10.2 Å². The SMILES string of the molecule is Cc1cc(C)c(NC(=O)C2CCN(c3c(C(=O)N4CCCCC4)cnc4snc(C)c34)CC2)c(C)c1. The molecule has 2 aliphatic heterocycles. The van der Waals surface area contributed by atoms with E-state index in [9.17, 15) is 9.59 Å². The van der Waals surface area contributed by atoms with Crippen molar-refractivity contribution in [3.05, 3.63) is 46.3 Å². The summed E-state index contributed by atoms with van der Waals surface area (Å²) in [5, 5.41) is 4.18. The van der Waals surface area contributed by atoms with Gasteiger partial charge in [0.1, 0.15) is 4.83 Å². The van der Waals surface area contributed by atoms with Crippen LogP contribution in [0.25, 0.3) is 10.2 Å². The molecule has 0 unspecified atom stereocenters. The Kier molecular flexibility index (Phi) is 6.97. The number of hydrogen-bond acceptors (Lipinski definition) is 6. The van der Waals surface area contributed by atoms with Crippen molar-refractivity contribution >= 4 is 44.9 Å². The quantitative estimate of drug-likeness (QED) is 0.513. The minimum absolute atomic E-state index is 0.0541. The van der Waals surface area contributed by atoms with Gasteiger partial charge in [-0.25, -0.2) is 4.98 Å². The minimum Gasteiger partial charge on any atom is -0.370 e. The second-order valence-corrected chi connectivity index (χ2v) is 11.1. The molecule has 2 fully saturated rings. The summed E-state index contributed by atoms with van der Waals surface area (Å²) >= 11 is 1.38. The van der Waals surface area contributed by atoms with Crippen molar-refractivity contribution in [1.82, 2.24) is 14.3 Å². The number of anilines is 2. The molecule has 0 atom stereocenters. The highest BCUT2D eigenvalue weighted by atomic mass is 32.1. The standard InChI is InChI=1S/C28H35N5O2S/c1-17-14-18(2)24(19(3)15-17)30-26(34)21-8-12-32(13-9-21)25-22(28(35)33-10-6-5-7-11-33)16-29-27-23(25)20(4)31-36-27/h14-16,21H,5-13H2,1-4H3,(H,30,34). The lowest BCUT2D eigenvalue weighted by Crippen LogP contribution is -2.41. The van der Waals surface area contributed by atoms with Crippen molar-refractivity contribution in [2.24, 2.45) is 5.92 Å². The fraction of sp³-hybridized carbons (Fsp3) is 0.500. The van der Waals surface area contributed by atoms with Gasteiger partial charge in [-0.15, -0.1) is 0 Å². The molecule has 36 heavy (non-hydrogen) atoms. The van der Waals surface area contributed by atoms with Gasteiger partial charge < -0.3 is 15.1 Å². The average Bonchev–Trinajstić information content (AvgIpc) is 3.26. The summed E-state index contributed by atoms with van der Waals surface area (Å²) in [5.41, 5.74) is 6.85. The molecule has 0 saturated carbocycles. The van der Waals surface area contributed by atoms with Gasteiger partial charge in [0.05, 0.1) is 22.3 Å². The number of benzene rings is 1. The molecule has 0 radical (unpaired) electrons.